The number of hydrogen-bond donors (Lipinski definition) is 1. The predicted octanol–water partition coefficient (Wildman–Crippen LogP) is 5.71. The molecule has 5 nitrogen and oxygen atoms in total. The maximum Gasteiger partial charge on any atom is 0.311 e. The first-order valence-corrected chi connectivity index (χ1v) is 10.3. The molecule has 0 aliphatic heterocycles. The topological polar surface area (TPSA) is 67.9 Å². The lowest BCUT2D eigenvalue weighted by Crippen LogP contribution is -2.08. The Labute approximate surface area is 179 Å². The highest BCUT2D eigenvalue weighted by Gasteiger charge is 2.15. The molecule has 152 valence electrons. The number of hydrogen-bond acceptors (Lipinski definition) is 4. The molecule has 0 saturated carbocycles. The van der Waals surface area contributed by atoms with Crippen LogP contribution in [0.15, 0.2) is 85.2 Å². The summed E-state index contributed by atoms with van der Waals surface area (Å²) < 4.78 is 5.36. The molecular weight excluding hydrogens is 386 g/mol. The fraction of sp³-hybridized carbons (Fsp3) is 0.115. The van der Waals surface area contributed by atoms with Crippen LogP contribution in [-0.2, 0) is 11.2 Å². The number of nitrogens with one attached hydrogen (secondary N) is 1. The Bertz CT molecular complexity index is 1360. The third-order valence-electron chi connectivity index (χ3n) is 5.34. The molecule has 0 fully saturated rings. The number of aryl methyl sites for hydroxylation is 1. The SMILES string of the molecule is O=C(CCCc1c(-c2ccc3ccccc3n2)[nH]c2ccccc12)Oc1cccnc1. The second-order valence-corrected chi connectivity index (χ2v) is 7.43. The highest BCUT2D eigenvalue weighted by atomic mass is 16.5. The molecule has 0 bridgehead atoms. The van der Waals surface area contributed by atoms with Gasteiger partial charge in [-0.25, -0.2) is 4.98 Å². The Morgan fingerprint density at radius 1 is 0.935 bits per heavy atom. The zero-order valence-corrected chi connectivity index (χ0v) is 16.9. The van der Waals surface area contributed by atoms with Gasteiger partial charge in [-0.05, 0) is 48.7 Å². The zero-order chi connectivity index (χ0) is 21.0. The van der Waals surface area contributed by atoms with Crippen LogP contribution in [-0.4, -0.2) is 20.9 Å². The zero-order valence-electron chi connectivity index (χ0n) is 16.9. The maximum atomic E-state index is 12.2. The van der Waals surface area contributed by atoms with E-state index in [9.17, 15) is 4.79 Å². The summed E-state index contributed by atoms with van der Waals surface area (Å²) in [5.41, 5.74) is 5.12. The molecule has 0 amide bonds. The van der Waals surface area contributed by atoms with Crippen LogP contribution in [0.25, 0.3) is 33.2 Å². The molecule has 0 radical (unpaired) electrons. The van der Waals surface area contributed by atoms with Crippen LogP contribution >= 0.6 is 0 Å². The smallest absolute Gasteiger partial charge is 0.311 e. The fourth-order valence-electron chi connectivity index (χ4n) is 3.88. The number of aromatic nitrogens is 3. The van der Waals surface area contributed by atoms with Crippen molar-refractivity contribution in [3.8, 4) is 17.1 Å². The molecule has 0 atom stereocenters. The van der Waals surface area contributed by atoms with Crippen LogP contribution in [0.4, 0.5) is 0 Å². The first kappa shape index (κ1) is 19.0. The van der Waals surface area contributed by atoms with Crippen LogP contribution in [0.5, 0.6) is 5.75 Å². The molecule has 0 unspecified atom stereocenters. The van der Waals surface area contributed by atoms with E-state index >= 15 is 0 Å². The molecular formula is C26H21N3O2. The van der Waals surface area contributed by atoms with Crippen molar-refractivity contribution in [2.45, 2.75) is 19.3 Å². The summed E-state index contributed by atoms with van der Waals surface area (Å²) in [4.78, 5) is 24.6. The average Bonchev–Trinajstić information content (AvgIpc) is 3.18. The largest absolute Gasteiger partial charge is 0.425 e. The van der Waals surface area contributed by atoms with Crippen LogP contribution < -0.4 is 4.74 Å². The van der Waals surface area contributed by atoms with Gasteiger partial charge >= 0.3 is 5.97 Å². The van der Waals surface area contributed by atoms with Crippen molar-refractivity contribution in [3.63, 3.8) is 0 Å². The minimum Gasteiger partial charge on any atom is -0.425 e. The second-order valence-electron chi connectivity index (χ2n) is 7.43. The molecule has 1 N–H and O–H groups in total. The highest BCUT2D eigenvalue weighted by Crippen LogP contribution is 2.31. The number of nitrogens with zero attached hydrogens (tertiary/aromatic N) is 2. The molecule has 3 aromatic heterocycles. The Kier molecular flexibility index (Phi) is 5.15. The van der Waals surface area contributed by atoms with Gasteiger partial charge in [-0.3, -0.25) is 9.78 Å². The van der Waals surface area contributed by atoms with Crippen molar-refractivity contribution < 1.29 is 9.53 Å². The number of pyridine rings is 2. The van der Waals surface area contributed by atoms with Gasteiger partial charge < -0.3 is 9.72 Å². The number of fused-ring (bicyclic) bond motifs is 2. The van der Waals surface area contributed by atoms with Gasteiger partial charge in [0.2, 0.25) is 0 Å². The van der Waals surface area contributed by atoms with Crippen LogP contribution in [0, 0.1) is 0 Å². The summed E-state index contributed by atoms with van der Waals surface area (Å²) >= 11 is 0. The van der Waals surface area contributed by atoms with E-state index in [1.54, 1.807) is 24.5 Å². The van der Waals surface area contributed by atoms with E-state index in [0.717, 1.165) is 39.6 Å². The monoisotopic (exact) mass is 407 g/mol. The number of carbonyl (C=O) groups excluding carboxylic acids is 1. The first-order valence-electron chi connectivity index (χ1n) is 10.3. The van der Waals surface area contributed by atoms with Crippen LogP contribution in [0.3, 0.4) is 0 Å². The lowest BCUT2D eigenvalue weighted by atomic mass is 10.0. The van der Waals surface area contributed by atoms with Gasteiger partial charge in [-0.2, -0.15) is 0 Å². The van der Waals surface area contributed by atoms with Crippen molar-refractivity contribution >= 4 is 27.8 Å². The lowest BCUT2D eigenvalue weighted by molar-refractivity contribution is -0.134. The Hall–Kier alpha value is -3.99. The Balaban J connectivity index is 1.40. The number of ether oxygens (including phenoxy) is 1. The number of benzene rings is 2. The molecule has 0 spiro atoms. The molecule has 5 heteroatoms. The van der Waals surface area contributed by atoms with Crippen molar-refractivity contribution in [3.05, 3.63) is 90.8 Å². The quantitative estimate of drug-likeness (QED) is 0.366. The minimum atomic E-state index is -0.252. The van der Waals surface area contributed by atoms with Crippen molar-refractivity contribution in [2.75, 3.05) is 0 Å². The molecule has 3 heterocycles. The first-order chi connectivity index (χ1) is 15.3. The number of para-hydroxylation sites is 2. The molecule has 31 heavy (non-hydrogen) atoms. The van der Waals surface area contributed by atoms with Crippen molar-refractivity contribution in [2.24, 2.45) is 0 Å². The van der Waals surface area contributed by atoms with Crippen molar-refractivity contribution in [1.29, 1.82) is 0 Å². The predicted molar refractivity (Wildman–Crippen MR) is 122 cm³/mol. The second kappa shape index (κ2) is 8.40. The van der Waals surface area contributed by atoms with Gasteiger partial charge in [0, 0.05) is 28.9 Å². The third kappa shape index (κ3) is 4.03. The third-order valence-corrected chi connectivity index (χ3v) is 5.34. The van der Waals surface area contributed by atoms with Gasteiger partial charge in [-0.15, -0.1) is 0 Å². The van der Waals surface area contributed by atoms with Crippen LogP contribution in [0.2, 0.25) is 0 Å². The molecule has 5 rings (SSSR count). The van der Waals surface area contributed by atoms with E-state index in [1.165, 1.54) is 5.56 Å². The van der Waals surface area contributed by atoms with E-state index in [-0.39, 0.29) is 5.97 Å². The summed E-state index contributed by atoms with van der Waals surface area (Å²) in [6.45, 7) is 0. The molecule has 5 aromatic rings. The Morgan fingerprint density at radius 3 is 2.71 bits per heavy atom. The molecule has 2 aromatic carbocycles. The van der Waals surface area contributed by atoms with E-state index < -0.39 is 0 Å². The normalized spacial score (nSPS) is 11.1. The maximum absolute atomic E-state index is 12.2. The van der Waals surface area contributed by atoms with E-state index in [0.29, 0.717) is 18.6 Å². The van der Waals surface area contributed by atoms with E-state index in [1.807, 2.05) is 36.4 Å². The van der Waals surface area contributed by atoms with Gasteiger partial charge in [0.15, 0.2) is 0 Å². The summed E-state index contributed by atoms with van der Waals surface area (Å²) in [6.07, 6.45) is 4.95. The average molecular weight is 407 g/mol. The summed E-state index contributed by atoms with van der Waals surface area (Å²) in [7, 11) is 0. The van der Waals surface area contributed by atoms with Gasteiger partial charge in [0.05, 0.1) is 23.1 Å². The standard InChI is InChI=1S/C26H21N3O2/c30-25(31-19-8-6-16-27-17-19)13-5-10-21-20-9-2-4-12-23(20)29-26(21)24-15-14-18-7-1-3-11-22(18)28-24/h1-4,6-9,11-12,14-17,29H,5,10,13H2. The summed E-state index contributed by atoms with van der Waals surface area (Å²) in [5.74, 6) is 0.221. The number of H-pyrrole nitrogens is 1. The summed E-state index contributed by atoms with van der Waals surface area (Å²) in [5, 5.41) is 2.27. The number of esters is 1. The lowest BCUT2D eigenvalue weighted by Gasteiger charge is -2.07. The van der Waals surface area contributed by atoms with Gasteiger partial charge in [-0.1, -0.05) is 42.5 Å². The fourth-order valence-corrected chi connectivity index (χ4v) is 3.88. The minimum absolute atomic E-state index is 0.252. The van der Waals surface area contributed by atoms with Gasteiger partial charge in [0.1, 0.15) is 5.75 Å². The van der Waals surface area contributed by atoms with E-state index in [4.69, 9.17) is 9.72 Å². The van der Waals surface area contributed by atoms with Gasteiger partial charge in [0.25, 0.3) is 0 Å². The van der Waals surface area contributed by atoms with E-state index in [2.05, 4.69) is 34.2 Å². The number of rotatable bonds is 6. The number of aromatic amines is 1. The number of carbonyl (C=O) groups is 1. The molecule has 0 aliphatic carbocycles. The molecule has 0 aliphatic rings. The summed E-state index contributed by atoms with van der Waals surface area (Å²) in [6, 6.07) is 24.0. The highest BCUT2D eigenvalue weighted by molar-refractivity contribution is 5.91. The Morgan fingerprint density at radius 2 is 1.81 bits per heavy atom. The van der Waals surface area contributed by atoms with Crippen molar-refractivity contribution in [1.82, 2.24) is 15.0 Å². The molecule has 0 saturated heterocycles. The van der Waals surface area contributed by atoms with Crippen LogP contribution in [0.1, 0.15) is 18.4 Å².